The van der Waals surface area contributed by atoms with E-state index in [9.17, 15) is 9.59 Å². The zero-order valence-corrected chi connectivity index (χ0v) is 22.8. The van der Waals surface area contributed by atoms with Crippen LogP contribution < -0.4 is 0 Å². The second-order valence-corrected chi connectivity index (χ2v) is 11.3. The van der Waals surface area contributed by atoms with Crippen molar-refractivity contribution in [2.24, 2.45) is 0 Å². The van der Waals surface area contributed by atoms with E-state index in [1.807, 2.05) is 21.1 Å². The minimum Gasteiger partial charge on any atom is -0.341 e. The first kappa shape index (κ1) is 26.9. The summed E-state index contributed by atoms with van der Waals surface area (Å²) in [5, 5.41) is 2.20. The zero-order valence-electron chi connectivity index (χ0n) is 22.0. The molecule has 1 atom stereocenters. The molecule has 2 aromatic rings. The number of hydrogen-bond donors (Lipinski definition) is 0. The van der Waals surface area contributed by atoms with E-state index in [2.05, 4.69) is 53.6 Å². The maximum atomic E-state index is 13.2. The van der Waals surface area contributed by atoms with Crippen LogP contribution >= 0.6 is 11.3 Å². The summed E-state index contributed by atoms with van der Waals surface area (Å²) < 4.78 is 0. The van der Waals surface area contributed by atoms with E-state index in [1.165, 1.54) is 41.7 Å². The second kappa shape index (κ2) is 13.9. The number of unbranched alkanes of at least 4 members (excludes halogenated alkanes) is 5. The largest absolute Gasteiger partial charge is 0.341 e. The van der Waals surface area contributed by atoms with Gasteiger partial charge in [-0.15, -0.1) is 11.3 Å². The van der Waals surface area contributed by atoms with Crippen molar-refractivity contribution in [3.8, 4) is 0 Å². The Balaban J connectivity index is 1.25. The highest BCUT2D eigenvalue weighted by molar-refractivity contribution is 7.10. The number of benzene rings is 1. The molecule has 0 bridgehead atoms. The van der Waals surface area contributed by atoms with Gasteiger partial charge in [-0.2, -0.15) is 0 Å². The topological polar surface area (TPSA) is 43.9 Å². The predicted molar refractivity (Wildman–Crippen MR) is 148 cm³/mol. The molecule has 0 unspecified atom stereocenters. The molecular formula is C30H43N3O2S. The first-order valence-corrected chi connectivity index (χ1v) is 15.0. The van der Waals surface area contributed by atoms with Crippen molar-refractivity contribution in [2.45, 2.75) is 77.2 Å². The Morgan fingerprint density at radius 2 is 1.53 bits per heavy atom. The summed E-state index contributed by atoms with van der Waals surface area (Å²) in [6.45, 7) is 6.86. The first-order chi connectivity index (χ1) is 17.7. The van der Waals surface area contributed by atoms with E-state index in [0.717, 1.165) is 51.9 Å². The molecular weight excluding hydrogens is 466 g/mol. The van der Waals surface area contributed by atoms with E-state index in [4.69, 9.17) is 0 Å². The van der Waals surface area contributed by atoms with Crippen LogP contribution in [0.4, 0.5) is 0 Å². The lowest BCUT2D eigenvalue weighted by atomic mass is 9.93. The summed E-state index contributed by atoms with van der Waals surface area (Å²) in [5.41, 5.74) is 2.71. The van der Waals surface area contributed by atoms with Crippen LogP contribution in [-0.4, -0.2) is 65.8 Å². The van der Waals surface area contributed by atoms with Crippen LogP contribution in [0.2, 0.25) is 0 Å². The van der Waals surface area contributed by atoms with Crippen molar-refractivity contribution in [1.29, 1.82) is 0 Å². The van der Waals surface area contributed by atoms with Crippen molar-refractivity contribution < 1.29 is 9.59 Å². The SMILES string of the molecule is CCCCCCCCC(=O)N1CCCN(C(=O)CCN2CCc3sccc3[C@@H]2c2ccccc2)CC1. The standard InChI is InChI=1S/C30H43N3O2S/c1-2-3-4-5-6-10-14-28(34)31-18-11-19-32(23-22-31)29(35)16-21-33-20-15-27-26(17-24-36-27)30(33)25-12-8-7-9-13-25/h7-9,12-13,17,24,30H,2-6,10-11,14-16,18-23H2,1H3/t30-/m0/s1. The number of nitrogens with zero attached hydrogens (tertiary/aromatic N) is 3. The van der Waals surface area contributed by atoms with E-state index in [0.29, 0.717) is 25.9 Å². The monoisotopic (exact) mass is 509 g/mol. The van der Waals surface area contributed by atoms with Gasteiger partial charge in [-0.3, -0.25) is 14.5 Å². The molecule has 0 N–H and O–H groups in total. The number of carbonyl (C=O) groups excluding carboxylic acids is 2. The van der Waals surface area contributed by atoms with Crippen molar-refractivity contribution >= 4 is 23.2 Å². The number of amides is 2. The Morgan fingerprint density at radius 3 is 2.28 bits per heavy atom. The minimum absolute atomic E-state index is 0.225. The highest BCUT2D eigenvalue weighted by Crippen LogP contribution is 2.37. The predicted octanol–water partition coefficient (Wildman–Crippen LogP) is 5.90. The van der Waals surface area contributed by atoms with Gasteiger partial charge >= 0.3 is 0 Å². The maximum absolute atomic E-state index is 13.2. The molecule has 196 valence electrons. The molecule has 1 aromatic carbocycles. The Labute approximate surface area is 221 Å². The molecule has 6 heteroatoms. The smallest absolute Gasteiger partial charge is 0.223 e. The van der Waals surface area contributed by atoms with E-state index < -0.39 is 0 Å². The summed E-state index contributed by atoms with van der Waals surface area (Å²) in [7, 11) is 0. The molecule has 3 heterocycles. The lowest BCUT2D eigenvalue weighted by molar-refractivity contribution is -0.133. The van der Waals surface area contributed by atoms with Gasteiger partial charge in [0.15, 0.2) is 0 Å². The van der Waals surface area contributed by atoms with Crippen LogP contribution in [-0.2, 0) is 16.0 Å². The Hall–Kier alpha value is -2.18. The average molecular weight is 510 g/mol. The molecule has 4 rings (SSSR count). The summed E-state index contributed by atoms with van der Waals surface area (Å²) >= 11 is 1.85. The summed E-state index contributed by atoms with van der Waals surface area (Å²) in [6.07, 6.45) is 10.3. The molecule has 1 fully saturated rings. The van der Waals surface area contributed by atoms with Crippen molar-refractivity contribution in [3.05, 3.63) is 57.8 Å². The number of carbonyl (C=O) groups is 2. The number of thiophene rings is 1. The fraction of sp³-hybridized carbons (Fsp3) is 0.600. The fourth-order valence-electron chi connectivity index (χ4n) is 5.66. The third kappa shape index (κ3) is 7.19. The van der Waals surface area contributed by atoms with Crippen LogP contribution in [0, 0.1) is 0 Å². The van der Waals surface area contributed by atoms with E-state index in [-0.39, 0.29) is 17.9 Å². The summed E-state index contributed by atoms with van der Waals surface area (Å²) in [5.74, 6) is 0.494. The van der Waals surface area contributed by atoms with Gasteiger partial charge < -0.3 is 9.80 Å². The third-order valence-corrected chi connectivity index (χ3v) is 8.74. The van der Waals surface area contributed by atoms with Crippen molar-refractivity contribution in [2.75, 3.05) is 39.3 Å². The summed E-state index contributed by atoms with van der Waals surface area (Å²) in [6, 6.07) is 13.2. The Kier molecular flexibility index (Phi) is 10.4. The van der Waals surface area contributed by atoms with Crippen LogP contribution in [0.1, 0.15) is 86.8 Å². The lowest BCUT2D eigenvalue weighted by Gasteiger charge is -2.36. The Bertz CT molecular complexity index is 960. The van der Waals surface area contributed by atoms with Gasteiger partial charge in [-0.05, 0) is 41.8 Å². The highest BCUT2D eigenvalue weighted by Gasteiger charge is 2.30. The molecule has 2 amide bonds. The van der Waals surface area contributed by atoms with Gasteiger partial charge in [0.2, 0.25) is 11.8 Å². The van der Waals surface area contributed by atoms with Crippen LogP contribution in [0.25, 0.3) is 0 Å². The number of rotatable bonds is 11. The molecule has 0 radical (unpaired) electrons. The van der Waals surface area contributed by atoms with E-state index in [1.54, 1.807) is 0 Å². The van der Waals surface area contributed by atoms with Gasteiger partial charge in [-0.25, -0.2) is 0 Å². The quantitative estimate of drug-likeness (QED) is 0.354. The molecule has 2 aliphatic heterocycles. The van der Waals surface area contributed by atoms with Crippen LogP contribution in [0.3, 0.4) is 0 Å². The number of fused-ring (bicyclic) bond motifs is 1. The van der Waals surface area contributed by atoms with Gasteiger partial charge in [0.05, 0.1) is 6.04 Å². The van der Waals surface area contributed by atoms with Gasteiger partial charge in [-0.1, -0.05) is 69.4 Å². The van der Waals surface area contributed by atoms with Crippen LogP contribution in [0.5, 0.6) is 0 Å². The molecule has 0 spiro atoms. The van der Waals surface area contributed by atoms with E-state index >= 15 is 0 Å². The third-order valence-electron chi connectivity index (χ3n) is 7.74. The minimum atomic E-state index is 0.225. The highest BCUT2D eigenvalue weighted by atomic mass is 32.1. The lowest BCUT2D eigenvalue weighted by Crippen LogP contribution is -2.40. The summed E-state index contributed by atoms with van der Waals surface area (Å²) in [4.78, 5) is 33.9. The number of hydrogen-bond acceptors (Lipinski definition) is 4. The fourth-order valence-corrected chi connectivity index (χ4v) is 6.57. The maximum Gasteiger partial charge on any atom is 0.223 e. The molecule has 2 aliphatic rings. The normalized spacial score (nSPS) is 18.6. The molecule has 5 nitrogen and oxygen atoms in total. The van der Waals surface area contributed by atoms with Crippen molar-refractivity contribution in [3.63, 3.8) is 0 Å². The van der Waals surface area contributed by atoms with Gasteiger partial charge in [0.1, 0.15) is 0 Å². The zero-order chi connectivity index (χ0) is 25.2. The Morgan fingerprint density at radius 1 is 0.833 bits per heavy atom. The molecule has 1 saturated heterocycles. The second-order valence-electron chi connectivity index (χ2n) is 10.3. The average Bonchev–Trinajstić information content (AvgIpc) is 3.24. The van der Waals surface area contributed by atoms with Crippen molar-refractivity contribution in [1.82, 2.24) is 14.7 Å². The molecule has 0 saturated carbocycles. The molecule has 0 aliphatic carbocycles. The van der Waals surface area contributed by atoms with Crippen LogP contribution in [0.15, 0.2) is 41.8 Å². The molecule has 1 aromatic heterocycles. The van der Waals surface area contributed by atoms with Gasteiger partial charge in [0, 0.05) is 57.0 Å². The molecule has 36 heavy (non-hydrogen) atoms. The first-order valence-electron chi connectivity index (χ1n) is 14.1. The van der Waals surface area contributed by atoms with Gasteiger partial charge in [0.25, 0.3) is 0 Å².